The monoisotopic (exact) mass is 401 g/mol. The van der Waals surface area contributed by atoms with Crippen LogP contribution in [-0.2, 0) is 12.5 Å². The van der Waals surface area contributed by atoms with Gasteiger partial charge in [0.15, 0.2) is 5.82 Å². The molecule has 0 fully saturated rings. The Morgan fingerprint density at radius 1 is 0.900 bits per heavy atom. The van der Waals surface area contributed by atoms with Crippen molar-refractivity contribution >= 4 is 0 Å². The quantitative estimate of drug-likeness (QED) is 0.409. The molecule has 5 heteroatoms. The van der Waals surface area contributed by atoms with E-state index in [1.165, 1.54) is 29.0 Å². The lowest BCUT2D eigenvalue weighted by molar-refractivity contribution is 0.473. The van der Waals surface area contributed by atoms with Gasteiger partial charge >= 0.3 is 0 Å². The highest BCUT2D eigenvalue weighted by Crippen LogP contribution is 2.33. The van der Waals surface area contributed by atoms with Gasteiger partial charge in [-0.25, -0.2) is 9.37 Å². The summed E-state index contributed by atoms with van der Waals surface area (Å²) in [5.41, 5.74) is 4.42. The zero-order chi connectivity index (χ0) is 21.3. The van der Waals surface area contributed by atoms with Crippen LogP contribution in [0.5, 0.6) is 11.5 Å². The van der Waals surface area contributed by atoms with Crippen molar-refractivity contribution in [1.29, 1.82) is 0 Å². The van der Waals surface area contributed by atoms with Crippen LogP contribution in [-0.4, -0.2) is 14.8 Å². The van der Waals surface area contributed by atoms with Crippen molar-refractivity contribution in [2.45, 2.75) is 26.2 Å². The number of ether oxygens (including phenoxy) is 1. The van der Waals surface area contributed by atoms with Gasteiger partial charge in [-0.15, -0.1) is 0 Å². The van der Waals surface area contributed by atoms with Gasteiger partial charge in [0.2, 0.25) is 0 Å². The Bertz CT molecular complexity index is 1160. The van der Waals surface area contributed by atoms with E-state index in [2.05, 4.69) is 55.1 Å². The molecule has 0 atom stereocenters. The zero-order valence-corrected chi connectivity index (χ0v) is 17.6. The first-order valence-electron chi connectivity index (χ1n) is 9.83. The van der Waals surface area contributed by atoms with E-state index in [4.69, 9.17) is 4.74 Å². The topological polar surface area (TPSA) is 39.9 Å². The Labute approximate surface area is 176 Å². The van der Waals surface area contributed by atoms with Crippen molar-refractivity contribution in [2.75, 3.05) is 0 Å². The SMILES string of the molecule is Cc1ccc(C(C)(C)c2ccc(Oc3cnc(-c4cnn(C)c4)c(F)c3)cc2)cc1. The Kier molecular flexibility index (Phi) is 5.12. The van der Waals surface area contributed by atoms with Gasteiger partial charge < -0.3 is 4.74 Å². The number of aromatic nitrogens is 3. The number of benzene rings is 2. The van der Waals surface area contributed by atoms with E-state index in [-0.39, 0.29) is 11.1 Å². The summed E-state index contributed by atoms with van der Waals surface area (Å²) in [5, 5.41) is 4.06. The molecular weight excluding hydrogens is 377 g/mol. The minimum absolute atomic E-state index is 0.134. The average molecular weight is 401 g/mol. The van der Waals surface area contributed by atoms with E-state index in [0.717, 1.165) is 0 Å². The molecule has 0 aliphatic carbocycles. The van der Waals surface area contributed by atoms with Crippen LogP contribution in [0.2, 0.25) is 0 Å². The van der Waals surface area contributed by atoms with Gasteiger partial charge in [0.25, 0.3) is 0 Å². The molecule has 0 aliphatic heterocycles. The summed E-state index contributed by atoms with van der Waals surface area (Å²) in [7, 11) is 1.78. The minimum atomic E-state index is -0.447. The molecule has 4 nitrogen and oxygen atoms in total. The van der Waals surface area contributed by atoms with Crippen molar-refractivity contribution in [3.8, 4) is 22.8 Å². The predicted molar refractivity (Wildman–Crippen MR) is 116 cm³/mol. The summed E-state index contributed by atoms with van der Waals surface area (Å²) in [6, 6.07) is 17.8. The Balaban J connectivity index is 1.52. The molecule has 0 radical (unpaired) electrons. The third-order valence-corrected chi connectivity index (χ3v) is 5.38. The number of hydrogen-bond acceptors (Lipinski definition) is 3. The van der Waals surface area contributed by atoms with Gasteiger partial charge in [0.1, 0.15) is 17.2 Å². The van der Waals surface area contributed by atoms with Crippen molar-refractivity contribution < 1.29 is 9.13 Å². The van der Waals surface area contributed by atoms with Crippen molar-refractivity contribution in [3.05, 3.63) is 95.7 Å². The van der Waals surface area contributed by atoms with E-state index in [1.54, 1.807) is 24.1 Å². The second-order valence-corrected chi connectivity index (χ2v) is 8.02. The lowest BCUT2D eigenvalue weighted by Crippen LogP contribution is -2.18. The van der Waals surface area contributed by atoms with Gasteiger partial charge in [0, 0.05) is 30.3 Å². The molecule has 0 unspecified atom stereocenters. The van der Waals surface area contributed by atoms with Gasteiger partial charge in [-0.2, -0.15) is 5.10 Å². The molecule has 0 N–H and O–H groups in total. The largest absolute Gasteiger partial charge is 0.456 e. The highest BCUT2D eigenvalue weighted by Gasteiger charge is 2.23. The van der Waals surface area contributed by atoms with Crippen LogP contribution >= 0.6 is 0 Å². The summed E-state index contributed by atoms with van der Waals surface area (Å²) < 4.78 is 21.9. The molecule has 0 aliphatic rings. The van der Waals surface area contributed by atoms with E-state index in [0.29, 0.717) is 17.1 Å². The normalized spacial score (nSPS) is 11.5. The molecule has 0 amide bonds. The number of pyridine rings is 1. The number of nitrogens with zero attached hydrogens (tertiary/aromatic N) is 3. The second-order valence-electron chi connectivity index (χ2n) is 8.02. The van der Waals surface area contributed by atoms with Crippen LogP contribution < -0.4 is 4.74 Å². The molecule has 30 heavy (non-hydrogen) atoms. The molecule has 2 heterocycles. The minimum Gasteiger partial charge on any atom is -0.456 e. The fraction of sp³-hybridized carbons (Fsp3) is 0.200. The molecule has 0 saturated carbocycles. The molecule has 4 aromatic rings. The standard InChI is InChI=1S/C25H24FN3O/c1-17-5-7-19(8-6-17)25(2,3)20-9-11-21(12-10-20)30-22-13-23(26)24(27-15-22)18-14-28-29(4)16-18/h5-16H,1-4H3. The van der Waals surface area contributed by atoms with Crippen LogP contribution in [0.15, 0.2) is 73.2 Å². The first-order chi connectivity index (χ1) is 14.3. The summed E-state index contributed by atoms with van der Waals surface area (Å²) in [5.74, 6) is 0.539. The molecular formula is C25H24FN3O. The van der Waals surface area contributed by atoms with E-state index in [1.807, 2.05) is 24.3 Å². The average Bonchev–Trinajstić information content (AvgIpc) is 3.15. The highest BCUT2D eigenvalue weighted by molar-refractivity contribution is 5.58. The van der Waals surface area contributed by atoms with Crippen molar-refractivity contribution in [2.24, 2.45) is 7.05 Å². The Hall–Kier alpha value is -3.47. The van der Waals surface area contributed by atoms with Crippen LogP contribution in [0.4, 0.5) is 4.39 Å². The lowest BCUT2D eigenvalue weighted by Gasteiger charge is -2.26. The van der Waals surface area contributed by atoms with Crippen LogP contribution in [0.1, 0.15) is 30.5 Å². The number of halogens is 1. The zero-order valence-electron chi connectivity index (χ0n) is 17.6. The maximum absolute atomic E-state index is 14.5. The predicted octanol–water partition coefficient (Wildman–Crippen LogP) is 6.05. The van der Waals surface area contributed by atoms with Crippen LogP contribution in [0.25, 0.3) is 11.3 Å². The van der Waals surface area contributed by atoms with E-state index < -0.39 is 5.82 Å². The summed E-state index contributed by atoms with van der Waals surface area (Å²) in [6.45, 7) is 6.48. The summed E-state index contributed by atoms with van der Waals surface area (Å²) in [4.78, 5) is 4.21. The molecule has 0 saturated heterocycles. The summed E-state index contributed by atoms with van der Waals surface area (Å²) >= 11 is 0. The second kappa shape index (κ2) is 7.75. The highest BCUT2D eigenvalue weighted by atomic mass is 19.1. The smallest absolute Gasteiger partial charge is 0.153 e. The summed E-state index contributed by atoms with van der Waals surface area (Å²) in [6.07, 6.45) is 4.83. The molecule has 2 aromatic heterocycles. The maximum Gasteiger partial charge on any atom is 0.153 e. The number of rotatable bonds is 5. The fourth-order valence-electron chi connectivity index (χ4n) is 3.44. The van der Waals surface area contributed by atoms with Gasteiger partial charge in [0.05, 0.1) is 12.4 Å². The fourth-order valence-corrected chi connectivity index (χ4v) is 3.44. The molecule has 152 valence electrons. The Morgan fingerprint density at radius 2 is 1.53 bits per heavy atom. The van der Waals surface area contributed by atoms with Crippen molar-refractivity contribution in [3.63, 3.8) is 0 Å². The first kappa shape index (κ1) is 19.8. The van der Waals surface area contributed by atoms with Crippen LogP contribution in [0.3, 0.4) is 0 Å². The van der Waals surface area contributed by atoms with E-state index >= 15 is 0 Å². The molecule has 4 rings (SSSR count). The molecule has 0 spiro atoms. The Morgan fingerprint density at radius 3 is 2.10 bits per heavy atom. The van der Waals surface area contributed by atoms with E-state index in [9.17, 15) is 4.39 Å². The number of hydrogen-bond donors (Lipinski definition) is 0. The van der Waals surface area contributed by atoms with Gasteiger partial charge in [-0.1, -0.05) is 55.8 Å². The lowest BCUT2D eigenvalue weighted by atomic mass is 9.78. The van der Waals surface area contributed by atoms with Crippen LogP contribution in [0, 0.1) is 12.7 Å². The maximum atomic E-state index is 14.5. The third-order valence-electron chi connectivity index (χ3n) is 5.38. The molecule has 0 bridgehead atoms. The third kappa shape index (κ3) is 3.96. The molecule has 2 aromatic carbocycles. The first-order valence-corrected chi connectivity index (χ1v) is 9.83. The van der Waals surface area contributed by atoms with Crippen molar-refractivity contribution in [1.82, 2.24) is 14.8 Å². The number of aryl methyl sites for hydroxylation is 2. The van der Waals surface area contributed by atoms with Gasteiger partial charge in [-0.05, 0) is 30.2 Å². The van der Waals surface area contributed by atoms with Gasteiger partial charge in [-0.3, -0.25) is 4.68 Å².